The molecule has 5 heteroatoms. The minimum Gasteiger partial charge on any atom is -1.00 e. The Morgan fingerprint density at radius 3 is 1.98 bits per heavy atom. The number of benzene rings is 5. The largest absolute Gasteiger partial charge is 1.00 e. The zero-order valence-electron chi connectivity index (χ0n) is 25.4. The van der Waals surface area contributed by atoms with Gasteiger partial charge in [0.2, 0.25) is 5.69 Å². The van der Waals surface area contributed by atoms with Crippen molar-refractivity contribution >= 4 is 56.6 Å². The summed E-state index contributed by atoms with van der Waals surface area (Å²) in [6, 6.07) is 47.2. The van der Waals surface area contributed by atoms with E-state index in [4.69, 9.17) is 0 Å². The first kappa shape index (κ1) is 31.0. The van der Waals surface area contributed by atoms with E-state index in [-0.39, 0.29) is 36.0 Å². The van der Waals surface area contributed by atoms with Gasteiger partial charge in [0.15, 0.2) is 12.3 Å². The van der Waals surface area contributed by atoms with Crippen LogP contribution in [0.5, 0.6) is 0 Å². The number of nitrogens with zero attached hydrogens (tertiary/aromatic N) is 2. The summed E-state index contributed by atoms with van der Waals surface area (Å²) in [5.74, 6) is 0. The van der Waals surface area contributed by atoms with Crippen molar-refractivity contribution in [3.05, 3.63) is 150 Å². The van der Waals surface area contributed by atoms with Crippen molar-refractivity contribution < 1.29 is 33.7 Å². The highest BCUT2D eigenvalue weighted by Crippen LogP contribution is 2.44. The van der Waals surface area contributed by atoms with Crippen molar-refractivity contribution in [2.45, 2.75) is 19.3 Å². The third-order valence-corrected chi connectivity index (χ3v) is 9.65. The molecule has 0 aliphatic carbocycles. The molecular formula is C40H35IN2OS. The lowest BCUT2D eigenvalue weighted by molar-refractivity contribution is -0.440. The van der Waals surface area contributed by atoms with Crippen molar-refractivity contribution in [2.75, 3.05) is 18.1 Å². The van der Waals surface area contributed by atoms with Crippen LogP contribution in [-0.4, -0.2) is 28.5 Å². The SMILES string of the molecule is CC1(C)C(/C=C/c2ccc(-c3ccc(N(c4ccccc4)c4ccccc4)cc3)s2)=[N+](CCO)c2ccc3ccccc3c21.[I-]. The summed E-state index contributed by atoms with van der Waals surface area (Å²) < 4.78 is 2.29. The second-order valence-corrected chi connectivity index (χ2v) is 12.8. The second kappa shape index (κ2) is 13.1. The number of hydrogen-bond acceptors (Lipinski definition) is 3. The van der Waals surface area contributed by atoms with Crippen LogP contribution >= 0.6 is 11.3 Å². The van der Waals surface area contributed by atoms with Crippen LogP contribution in [0.25, 0.3) is 27.3 Å². The molecule has 7 rings (SSSR count). The summed E-state index contributed by atoms with van der Waals surface area (Å²) >= 11 is 1.80. The second-order valence-electron chi connectivity index (χ2n) is 11.7. The first-order valence-corrected chi connectivity index (χ1v) is 15.9. The Bertz CT molecular complexity index is 1950. The van der Waals surface area contributed by atoms with Crippen molar-refractivity contribution in [1.29, 1.82) is 0 Å². The molecule has 0 saturated carbocycles. The summed E-state index contributed by atoms with van der Waals surface area (Å²) in [6.07, 6.45) is 4.48. The lowest BCUT2D eigenvalue weighted by atomic mass is 9.79. The highest BCUT2D eigenvalue weighted by molar-refractivity contribution is 7.16. The number of allylic oxidation sites excluding steroid dienone is 1. The van der Waals surface area contributed by atoms with Gasteiger partial charge in [0.1, 0.15) is 6.61 Å². The Balaban J connectivity index is 0.00000357. The zero-order valence-corrected chi connectivity index (χ0v) is 28.4. The van der Waals surface area contributed by atoms with Crippen LogP contribution in [0.4, 0.5) is 22.7 Å². The minimum atomic E-state index is -0.193. The van der Waals surface area contributed by atoms with Crippen LogP contribution < -0.4 is 28.9 Å². The summed E-state index contributed by atoms with van der Waals surface area (Å²) in [5, 5.41) is 12.5. The smallest absolute Gasteiger partial charge is 0.210 e. The van der Waals surface area contributed by atoms with Crippen LogP contribution in [0.3, 0.4) is 0 Å². The molecule has 224 valence electrons. The van der Waals surface area contributed by atoms with Gasteiger partial charge >= 0.3 is 0 Å². The third-order valence-electron chi connectivity index (χ3n) is 8.55. The standard InChI is InChI=1S/C40H35N2OS.HI/c1-40(2)38(41(27-28-43)36-24-19-29-11-9-10-16-35(29)39(36)40)26-23-34-22-25-37(44-34)30-17-20-33(21-18-30)42(31-12-5-3-6-13-31)32-14-7-4-8-15-32;/h3-26,43H,27-28H2,1-2H3;1H/q+1;/p-1. The number of anilines is 3. The van der Waals surface area contributed by atoms with E-state index in [1.54, 1.807) is 11.3 Å². The zero-order chi connectivity index (χ0) is 30.1. The van der Waals surface area contributed by atoms with Crippen LogP contribution in [0.1, 0.15) is 24.3 Å². The molecule has 3 nitrogen and oxygen atoms in total. The van der Waals surface area contributed by atoms with Crippen LogP contribution in [0.2, 0.25) is 0 Å². The number of aliphatic hydroxyl groups excluding tert-OH is 1. The Morgan fingerprint density at radius 1 is 0.689 bits per heavy atom. The molecule has 1 aromatic heterocycles. The fraction of sp³-hybridized carbons (Fsp3) is 0.125. The van der Waals surface area contributed by atoms with Crippen LogP contribution in [-0.2, 0) is 5.41 Å². The summed E-state index contributed by atoms with van der Waals surface area (Å²) in [5.41, 5.74) is 8.12. The molecule has 0 spiro atoms. The molecule has 0 atom stereocenters. The van der Waals surface area contributed by atoms with Crippen LogP contribution in [0, 0.1) is 0 Å². The number of β-amino-alcohol motifs (C(OH)–C–C–N with tert-alkyl or cyclic N) is 1. The first-order chi connectivity index (χ1) is 21.5. The molecule has 5 aromatic carbocycles. The summed E-state index contributed by atoms with van der Waals surface area (Å²) in [6.45, 7) is 5.26. The molecule has 1 aliphatic heterocycles. The van der Waals surface area contributed by atoms with E-state index < -0.39 is 0 Å². The fourth-order valence-corrected chi connectivity index (χ4v) is 7.43. The number of rotatable bonds is 8. The van der Waals surface area contributed by atoms with E-state index in [0.29, 0.717) is 6.54 Å². The quantitative estimate of drug-likeness (QED) is 0.134. The molecule has 2 heterocycles. The van der Waals surface area contributed by atoms with Gasteiger partial charge in [-0.25, -0.2) is 0 Å². The number of para-hydroxylation sites is 2. The normalized spacial score (nSPS) is 13.7. The number of halogens is 1. The maximum absolute atomic E-state index is 9.97. The van der Waals surface area contributed by atoms with Crippen molar-refractivity contribution in [1.82, 2.24) is 0 Å². The summed E-state index contributed by atoms with van der Waals surface area (Å²) in [7, 11) is 0. The molecule has 0 amide bonds. The third kappa shape index (κ3) is 5.88. The maximum Gasteiger partial charge on any atom is 0.210 e. The molecule has 0 radical (unpaired) electrons. The Kier molecular flexibility index (Phi) is 9.04. The highest BCUT2D eigenvalue weighted by Gasteiger charge is 2.45. The molecule has 1 N–H and O–H groups in total. The van der Waals surface area contributed by atoms with E-state index in [1.807, 2.05) is 0 Å². The van der Waals surface area contributed by atoms with Crippen LogP contribution in [0.15, 0.2) is 140 Å². The van der Waals surface area contributed by atoms with Gasteiger partial charge in [0, 0.05) is 44.5 Å². The Morgan fingerprint density at radius 2 is 1.31 bits per heavy atom. The molecule has 1 aliphatic rings. The number of aliphatic hydroxyl groups is 1. The molecule has 0 bridgehead atoms. The Hall–Kier alpha value is -4.04. The molecule has 0 saturated heterocycles. The van der Waals surface area contributed by atoms with Gasteiger partial charge in [-0.3, -0.25) is 0 Å². The van der Waals surface area contributed by atoms with Crippen molar-refractivity contribution in [2.24, 2.45) is 0 Å². The number of fused-ring (bicyclic) bond motifs is 3. The first-order valence-electron chi connectivity index (χ1n) is 15.1. The summed E-state index contributed by atoms with van der Waals surface area (Å²) in [4.78, 5) is 4.72. The van der Waals surface area contributed by atoms with E-state index in [1.165, 1.54) is 43.1 Å². The average molecular weight is 719 g/mol. The van der Waals surface area contributed by atoms with Gasteiger partial charge in [0.25, 0.3) is 0 Å². The predicted molar refractivity (Wildman–Crippen MR) is 187 cm³/mol. The minimum absolute atomic E-state index is 0. The lowest BCUT2D eigenvalue weighted by Crippen LogP contribution is -3.00. The van der Waals surface area contributed by atoms with Crippen molar-refractivity contribution in [3.63, 3.8) is 0 Å². The highest BCUT2D eigenvalue weighted by atomic mass is 127. The number of hydrogen-bond donors (Lipinski definition) is 1. The fourth-order valence-electron chi connectivity index (χ4n) is 6.51. The maximum atomic E-state index is 9.97. The van der Waals surface area contributed by atoms with Gasteiger partial charge in [-0.2, -0.15) is 4.58 Å². The van der Waals surface area contributed by atoms with E-state index in [9.17, 15) is 5.11 Å². The lowest BCUT2D eigenvalue weighted by Gasteiger charge is -2.25. The van der Waals surface area contributed by atoms with Gasteiger partial charge in [-0.1, -0.05) is 72.8 Å². The molecule has 0 fully saturated rings. The van der Waals surface area contributed by atoms with E-state index in [0.717, 1.165) is 17.1 Å². The topological polar surface area (TPSA) is 26.5 Å². The van der Waals surface area contributed by atoms with E-state index in [2.05, 4.69) is 169 Å². The molecule has 45 heavy (non-hydrogen) atoms. The molecule has 6 aromatic rings. The predicted octanol–water partition coefficient (Wildman–Crippen LogP) is 7.12. The van der Waals surface area contributed by atoms with Gasteiger partial charge in [-0.05, 0) is 90.9 Å². The monoisotopic (exact) mass is 718 g/mol. The van der Waals surface area contributed by atoms with Gasteiger partial charge in [0.05, 0.1) is 5.41 Å². The van der Waals surface area contributed by atoms with Gasteiger partial charge in [-0.15, -0.1) is 11.3 Å². The van der Waals surface area contributed by atoms with E-state index >= 15 is 0 Å². The molecular weight excluding hydrogens is 683 g/mol. The molecule has 0 unspecified atom stereocenters. The average Bonchev–Trinajstić information content (AvgIpc) is 3.62. The Labute approximate surface area is 286 Å². The van der Waals surface area contributed by atoms with Gasteiger partial charge < -0.3 is 34.0 Å². The number of thiophene rings is 1. The van der Waals surface area contributed by atoms with Crippen molar-refractivity contribution in [3.8, 4) is 10.4 Å².